The van der Waals surface area contributed by atoms with Gasteiger partial charge in [-0.1, -0.05) is 41.0 Å². The summed E-state index contributed by atoms with van der Waals surface area (Å²) in [4.78, 5) is 11.9. The van der Waals surface area contributed by atoms with Gasteiger partial charge in [0.05, 0.1) is 6.10 Å². The standard InChI is InChI=1S/C13H27NO2/c1-6-7-11(9(2)3)13(16)14-8-12(15)10(4)5/h9-12,15H,6-8H2,1-5H3,(H,14,16). The summed E-state index contributed by atoms with van der Waals surface area (Å²) in [6.07, 6.45) is 1.49. The monoisotopic (exact) mass is 229 g/mol. The highest BCUT2D eigenvalue weighted by molar-refractivity contribution is 5.78. The molecule has 0 aromatic heterocycles. The first kappa shape index (κ1) is 15.4. The van der Waals surface area contributed by atoms with Crippen LogP contribution >= 0.6 is 0 Å². The van der Waals surface area contributed by atoms with Gasteiger partial charge < -0.3 is 10.4 Å². The molecule has 2 N–H and O–H groups in total. The smallest absolute Gasteiger partial charge is 0.223 e. The molecule has 0 heterocycles. The molecule has 2 atom stereocenters. The second-order valence-corrected chi connectivity index (χ2v) is 5.20. The Labute approximate surface area is 99.6 Å². The van der Waals surface area contributed by atoms with Crippen LogP contribution in [0.4, 0.5) is 0 Å². The van der Waals surface area contributed by atoms with Crippen LogP contribution in [0.15, 0.2) is 0 Å². The fourth-order valence-corrected chi connectivity index (χ4v) is 1.65. The number of hydrogen-bond donors (Lipinski definition) is 2. The molecule has 0 spiro atoms. The number of aliphatic hydroxyl groups is 1. The molecule has 0 aliphatic heterocycles. The maximum absolute atomic E-state index is 11.9. The summed E-state index contributed by atoms with van der Waals surface area (Å²) in [5, 5.41) is 12.5. The van der Waals surface area contributed by atoms with Crippen molar-refractivity contribution in [2.75, 3.05) is 6.54 Å². The van der Waals surface area contributed by atoms with Crippen LogP contribution in [-0.4, -0.2) is 23.7 Å². The third-order valence-electron chi connectivity index (χ3n) is 3.00. The molecular formula is C13H27NO2. The molecule has 0 aromatic carbocycles. The predicted octanol–water partition coefficient (Wildman–Crippen LogP) is 2.19. The highest BCUT2D eigenvalue weighted by Crippen LogP contribution is 2.17. The van der Waals surface area contributed by atoms with E-state index in [0.717, 1.165) is 12.8 Å². The van der Waals surface area contributed by atoms with Crippen molar-refractivity contribution >= 4 is 5.91 Å². The van der Waals surface area contributed by atoms with E-state index in [4.69, 9.17) is 0 Å². The van der Waals surface area contributed by atoms with E-state index in [9.17, 15) is 9.90 Å². The number of carbonyl (C=O) groups is 1. The molecule has 1 amide bonds. The SMILES string of the molecule is CCCC(C(=O)NCC(O)C(C)C)C(C)C. The van der Waals surface area contributed by atoms with Crippen molar-refractivity contribution in [3.63, 3.8) is 0 Å². The van der Waals surface area contributed by atoms with Crippen molar-refractivity contribution in [1.29, 1.82) is 0 Å². The number of nitrogens with one attached hydrogen (secondary N) is 1. The molecule has 16 heavy (non-hydrogen) atoms. The molecule has 0 radical (unpaired) electrons. The molecule has 3 heteroatoms. The fraction of sp³-hybridized carbons (Fsp3) is 0.923. The number of hydrogen-bond acceptors (Lipinski definition) is 2. The quantitative estimate of drug-likeness (QED) is 0.703. The van der Waals surface area contributed by atoms with Gasteiger partial charge in [-0.15, -0.1) is 0 Å². The molecule has 0 fully saturated rings. The summed E-state index contributed by atoms with van der Waals surface area (Å²) >= 11 is 0. The number of carbonyl (C=O) groups excluding carboxylic acids is 1. The topological polar surface area (TPSA) is 49.3 Å². The third-order valence-corrected chi connectivity index (χ3v) is 3.00. The molecule has 2 unspecified atom stereocenters. The molecule has 0 saturated heterocycles. The van der Waals surface area contributed by atoms with Crippen molar-refractivity contribution < 1.29 is 9.90 Å². The van der Waals surface area contributed by atoms with Crippen LogP contribution in [0.2, 0.25) is 0 Å². The van der Waals surface area contributed by atoms with Crippen LogP contribution in [0.3, 0.4) is 0 Å². The van der Waals surface area contributed by atoms with Gasteiger partial charge in [0.15, 0.2) is 0 Å². The first-order valence-electron chi connectivity index (χ1n) is 6.35. The van der Waals surface area contributed by atoms with E-state index in [-0.39, 0.29) is 17.7 Å². The van der Waals surface area contributed by atoms with Gasteiger partial charge in [-0.2, -0.15) is 0 Å². The largest absolute Gasteiger partial charge is 0.391 e. The van der Waals surface area contributed by atoms with Gasteiger partial charge in [-0.05, 0) is 18.3 Å². The molecule has 0 aliphatic rings. The molecule has 96 valence electrons. The highest BCUT2D eigenvalue weighted by Gasteiger charge is 2.21. The average Bonchev–Trinajstić information content (AvgIpc) is 2.21. The summed E-state index contributed by atoms with van der Waals surface area (Å²) < 4.78 is 0. The van der Waals surface area contributed by atoms with Gasteiger partial charge in [-0.25, -0.2) is 0 Å². The van der Waals surface area contributed by atoms with E-state index in [1.165, 1.54) is 0 Å². The minimum atomic E-state index is -0.446. The summed E-state index contributed by atoms with van der Waals surface area (Å²) in [5.74, 6) is 0.695. The van der Waals surface area contributed by atoms with Crippen molar-refractivity contribution in [2.24, 2.45) is 17.8 Å². The second kappa shape index (κ2) is 7.66. The van der Waals surface area contributed by atoms with Crippen LogP contribution < -0.4 is 5.32 Å². The van der Waals surface area contributed by atoms with Gasteiger partial charge in [0.2, 0.25) is 5.91 Å². The Balaban J connectivity index is 4.11. The maximum atomic E-state index is 11.9. The predicted molar refractivity (Wildman–Crippen MR) is 67.1 cm³/mol. The number of rotatable bonds is 7. The van der Waals surface area contributed by atoms with E-state index in [1.807, 2.05) is 13.8 Å². The molecule has 0 saturated carbocycles. The number of amides is 1. The summed E-state index contributed by atoms with van der Waals surface area (Å²) in [5.41, 5.74) is 0. The lowest BCUT2D eigenvalue weighted by Gasteiger charge is -2.21. The Bertz CT molecular complexity index is 202. The van der Waals surface area contributed by atoms with Crippen molar-refractivity contribution in [1.82, 2.24) is 5.32 Å². The third kappa shape index (κ3) is 5.50. The number of aliphatic hydroxyl groups excluding tert-OH is 1. The van der Waals surface area contributed by atoms with Gasteiger partial charge in [0, 0.05) is 12.5 Å². The highest BCUT2D eigenvalue weighted by atomic mass is 16.3. The van der Waals surface area contributed by atoms with Crippen LogP contribution in [0.1, 0.15) is 47.5 Å². The minimum Gasteiger partial charge on any atom is -0.391 e. The van der Waals surface area contributed by atoms with E-state index in [0.29, 0.717) is 12.5 Å². The molecule has 0 aromatic rings. The van der Waals surface area contributed by atoms with Crippen LogP contribution in [0.25, 0.3) is 0 Å². The Morgan fingerprint density at radius 1 is 1.19 bits per heavy atom. The Morgan fingerprint density at radius 2 is 1.75 bits per heavy atom. The van der Waals surface area contributed by atoms with Crippen LogP contribution in [-0.2, 0) is 4.79 Å². The Morgan fingerprint density at radius 3 is 2.12 bits per heavy atom. The maximum Gasteiger partial charge on any atom is 0.223 e. The molecule has 0 rings (SSSR count). The lowest BCUT2D eigenvalue weighted by atomic mass is 9.90. The van der Waals surface area contributed by atoms with Gasteiger partial charge in [0.1, 0.15) is 0 Å². The molecule has 0 bridgehead atoms. The first-order chi connectivity index (χ1) is 7.40. The summed E-state index contributed by atoms with van der Waals surface area (Å²) in [6.45, 7) is 10.5. The van der Waals surface area contributed by atoms with E-state index in [1.54, 1.807) is 0 Å². The van der Waals surface area contributed by atoms with Crippen molar-refractivity contribution in [3.8, 4) is 0 Å². The van der Waals surface area contributed by atoms with Gasteiger partial charge in [0.25, 0.3) is 0 Å². The summed E-state index contributed by atoms with van der Waals surface area (Å²) in [7, 11) is 0. The second-order valence-electron chi connectivity index (χ2n) is 5.20. The molecule has 3 nitrogen and oxygen atoms in total. The van der Waals surface area contributed by atoms with E-state index >= 15 is 0 Å². The van der Waals surface area contributed by atoms with Crippen molar-refractivity contribution in [3.05, 3.63) is 0 Å². The Kier molecular flexibility index (Phi) is 7.39. The lowest BCUT2D eigenvalue weighted by molar-refractivity contribution is -0.127. The van der Waals surface area contributed by atoms with Crippen molar-refractivity contribution in [2.45, 2.75) is 53.6 Å². The van der Waals surface area contributed by atoms with E-state index in [2.05, 4.69) is 26.1 Å². The van der Waals surface area contributed by atoms with Crippen LogP contribution in [0, 0.1) is 17.8 Å². The molecule has 0 aliphatic carbocycles. The molecular weight excluding hydrogens is 202 g/mol. The summed E-state index contributed by atoms with van der Waals surface area (Å²) in [6, 6.07) is 0. The lowest BCUT2D eigenvalue weighted by Crippen LogP contribution is -2.39. The van der Waals surface area contributed by atoms with Crippen LogP contribution in [0.5, 0.6) is 0 Å². The van der Waals surface area contributed by atoms with E-state index < -0.39 is 6.10 Å². The zero-order valence-corrected chi connectivity index (χ0v) is 11.3. The zero-order chi connectivity index (χ0) is 12.7. The zero-order valence-electron chi connectivity index (χ0n) is 11.3. The average molecular weight is 229 g/mol. The minimum absolute atomic E-state index is 0.0735. The fourth-order valence-electron chi connectivity index (χ4n) is 1.65. The Hall–Kier alpha value is -0.570. The van der Waals surface area contributed by atoms with Gasteiger partial charge >= 0.3 is 0 Å². The van der Waals surface area contributed by atoms with Gasteiger partial charge in [-0.3, -0.25) is 4.79 Å². The normalized spacial score (nSPS) is 15.2. The first-order valence-corrected chi connectivity index (χ1v) is 6.35.